The second-order valence-electron chi connectivity index (χ2n) is 9.76. The van der Waals surface area contributed by atoms with E-state index in [0.29, 0.717) is 58.8 Å². The van der Waals surface area contributed by atoms with Gasteiger partial charge in [0.1, 0.15) is 29.4 Å². The van der Waals surface area contributed by atoms with Gasteiger partial charge >= 0.3 is 5.63 Å². The summed E-state index contributed by atoms with van der Waals surface area (Å²) in [5.41, 5.74) is 2.34. The normalized spacial score (nSPS) is 19.0. The molecule has 0 bridgehead atoms. The van der Waals surface area contributed by atoms with Crippen LogP contribution in [0.25, 0.3) is 11.0 Å². The highest BCUT2D eigenvalue weighted by Gasteiger charge is 2.44. The third-order valence-corrected chi connectivity index (χ3v) is 6.16. The van der Waals surface area contributed by atoms with Crippen LogP contribution in [-0.2, 0) is 4.79 Å². The largest absolute Gasteiger partial charge is 0.489 e. The summed E-state index contributed by atoms with van der Waals surface area (Å²) in [5, 5.41) is 0.717. The van der Waals surface area contributed by atoms with Gasteiger partial charge in [0.2, 0.25) is 0 Å². The molecule has 5 nitrogen and oxygen atoms in total. The molecule has 0 spiro atoms. The highest BCUT2D eigenvalue weighted by Crippen LogP contribution is 2.50. The van der Waals surface area contributed by atoms with E-state index in [1.807, 2.05) is 49.4 Å². The predicted molar refractivity (Wildman–Crippen MR) is 127 cm³/mol. The molecule has 0 amide bonds. The summed E-state index contributed by atoms with van der Waals surface area (Å²) in [4.78, 5) is 26.6. The van der Waals surface area contributed by atoms with Crippen LogP contribution in [0, 0.1) is 5.41 Å². The highest BCUT2D eigenvalue weighted by atomic mass is 16.5. The van der Waals surface area contributed by atoms with Crippen LogP contribution in [0.15, 0.2) is 81.2 Å². The second-order valence-corrected chi connectivity index (χ2v) is 9.76. The van der Waals surface area contributed by atoms with Crippen LogP contribution < -0.4 is 15.1 Å². The number of allylic oxidation sites excluding steroid dienone is 2. The minimum absolute atomic E-state index is 0.00211. The molecule has 33 heavy (non-hydrogen) atoms. The van der Waals surface area contributed by atoms with Gasteiger partial charge in [-0.2, -0.15) is 0 Å². The summed E-state index contributed by atoms with van der Waals surface area (Å²) in [7, 11) is 0. The summed E-state index contributed by atoms with van der Waals surface area (Å²) in [5.74, 6) is 1.18. The number of ketones is 1. The SMILES string of the molecule is C=C(C)COc1cccc(C2C3=C(CC(C)(C)CC3=O)Oc3c2c(=O)oc2ccccc32)c1. The van der Waals surface area contributed by atoms with Gasteiger partial charge in [0.25, 0.3) is 0 Å². The molecule has 5 rings (SSSR count). The molecule has 3 aromatic rings. The van der Waals surface area contributed by atoms with Crippen molar-refractivity contribution in [1.29, 1.82) is 0 Å². The lowest BCUT2D eigenvalue weighted by Gasteiger charge is -2.38. The summed E-state index contributed by atoms with van der Waals surface area (Å²) in [6, 6.07) is 14.9. The molecule has 0 saturated carbocycles. The minimum Gasteiger partial charge on any atom is -0.489 e. The van der Waals surface area contributed by atoms with Gasteiger partial charge in [0, 0.05) is 18.4 Å². The van der Waals surface area contributed by atoms with Crippen molar-refractivity contribution in [2.75, 3.05) is 6.61 Å². The summed E-state index contributed by atoms with van der Waals surface area (Å²) < 4.78 is 17.9. The number of benzene rings is 2. The maximum atomic E-state index is 13.4. The van der Waals surface area contributed by atoms with E-state index in [2.05, 4.69) is 20.4 Å². The minimum atomic E-state index is -0.582. The van der Waals surface area contributed by atoms with Gasteiger partial charge in [0.05, 0.1) is 16.9 Å². The smallest absolute Gasteiger partial charge is 0.344 e. The Kier molecular flexibility index (Phi) is 5.00. The first-order valence-electron chi connectivity index (χ1n) is 11.1. The van der Waals surface area contributed by atoms with E-state index in [1.54, 1.807) is 6.07 Å². The van der Waals surface area contributed by atoms with Gasteiger partial charge in [-0.05, 0) is 47.7 Å². The van der Waals surface area contributed by atoms with E-state index in [-0.39, 0.29) is 11.2 Å². The second kappa shape index (κ2) is 7.77. The lowest BCUT2D eigenvalue weighted by atomic mass is 9.70. The summed E-state index contributed by atoms with van der Waals surface area (Å²) in [6.45, 7) is 10.3. The molecule has 1 aromatic heterocycles. The monoisotopic (exact) mass is 442 g/mol. The lowest BCUT2D eigenvalue weighted by molar-refractivity contribution is -0.118. The molecule has 2 aliphatic rings. The van der Waals surface area contributed by atoms with Crippen LogP contribution in [-0.4, -0.2) is 12.4 Å². The molecule has 0 N–H and O–H groups in total. The van der Waals surface area contributed by atoms with E-state index in [0.717, 1.165) is 11.1 Å². The Hall–Kier alpha value is -3.60. The van der Waals surface area contributed by atoms with Crippen molar-refractivity contribution in [3.8, 4) is 11.5 Å². The Labute approximate surface area is 192 Å². The van der Waals surface area contributed by atoms with Crippen molar-refractivity contribution in [3.63, 3.8) is 0 Å². The Morgan fingerprint density at radius 2 is 1.91 bits per heavy atom. The van der Waals surface area contributed by atoms with Gasteiger partial charge < -0.3 is 13.9 Å². The van der Waals surface area contributed by atoms with Gasteiger partial charge in [0.15, 0.2) is 5.78 Å². The Morgan fingerprint density at radius 3 is 2.70 bits per heavy atom. The number of carbonyl (C=O) groups excluding carboxylic acids is 1. The van der Waals surface area contributed by atoms with Crippen LogP contribution in [0.1, 0.15) is 50.7 Å². The molecule has 0 saturated heterocycles. The highest BCUT2D eigenvalue weighted by molar-refractivity contribution is 6.01. The maximum Gasteiger partial charge on any atom is 0.344 e. The number of ether oxygens (including phenoxy) is 2. The zero-order valence-corrected chi connectivity index (χ0v) is 19.1. The van der Waals surface area contributed by atoms with Crippen LogP contribution in [0.5, 0.6) is 11.5 Å². The molecule has 1 unspecified atom stereocenters. The van der Waals surface area contributed by atoms with Crippen molar-refractivity contribution < 1.29 is 18.7 Å². The first kappa shape index (κ1) is 21.3. The molecule has 2 aromatic carbocycles. The molecule has 168 valence electrons. The van der Waals surface area contributed by atoms with Crippen molar-refractivity contribution in [2.24, 2.45) is 5.41 Å². The molecule has 2 heterocycles. The standard InChI is InChI=1S/C28H26O5/c1-16(2)15-31-18-9-7-8-17(12-18)23-24-20(29)13-28(3,4)14-22(24)32-26-19-10-5-6-11-21(19)33-27(30)25(23)26/h5-12,23H,1,13-15H2,2-4H3. The molecular formula is C28H26O5. The fraction of sp³-hybridized carbons (Fsp3) is 0.286. The number of rotatable bonds is 4. The lowest BCUT2D eigenvalue weighted by Crippen LogP contribution is -2.34. The Bertz CT molecular complexity index is 1390. The molecule has 0 radical (unpaired) electrons. The number of hydrogen-bond donors (Lipinski definition) is 0. The first-order chi connectivity index (χ1) is 15.7. The number of carbonyl (C=O) groups is 1. The van der Waals surface area contributed by atoms with E-state index in [9.17, 15) is 9.59 Å². The van der Waals surface area contributed by atoms with Crippen LogP contribution in [0.3, 0.4) is 0 Å². The van der Waals surface area contributed by atoms with Crippen molar-refractivity contribution >= 4 is 16.8 Å². The molecule has 5 heteroatoms. The molecule has 1 aliphatic carbocycles. The van der Waals surface area contributed by atoms with Crippen molar-refractivity contribution in [3.05, 3.63) is 93.6 Å². The molecule has 0 fully saturated rings. The third-order valence-electron chi connectivity index (χ3n) is 6.16. The van der Waals surface area contributed by atoms with Crippen LogP contribution in [0.2, 0.25) is 0 Å². The topological polar surface area (TPSA) is 65.7 Å². The van der Waals surface area contributed by atoms with Gasteiger partial charge in [-0.1, -0.05) is 44.7 Å². The fourth-order valence-electron chi connectivity index (χ4n) is 4.78. The third kappa shape index (κ3) is 3.78. The summed E-state index contributed by atoms with van der Waals surface area (Å²) >= 11 is 0. The van der Waals surface area contributed by atoms with Gasteiger partial charge in [-0.25, -0.2) is 4.79 Å². The predicted octanol–water partition coefficient (Wildman–Crippen LogP) is 5.92. The fourth-order valence-corrected chi connectivity index (χ4v) is 4.78. The van der Waals surface area contributed by atoms with E-state index < -0.39 is 11.5 Å². The van der Waals surface area contributed by atoms with Crippen molar-refractivity contribution in [1.82, 2.24) is 0 Å². The Balaban J connectivity index is 1.75. The van der Waals surface area contributed by atoms with E-state index in [4.69, 9.17) is 13.9 Å². The zero-order valence-electron chi connectivity index (χ0n) is 19.1. The number of hydrogen-bond acceptors (Lipinski definition) is 5. The number of para-hydroxylation sites is 1. The number of Topliss-reactive ketones (excluding diaryl/α,β-unsaturated/α-hetero) is 1. The molecular weight excluding hydrogens is 416 g/mol. The Morgan fingerprint density at radius 1 is 1.12 bits per heavy atom. The van der Waals surface area contributed by atoms with Crippen LogP contribution >= 0.6 is 0 Å². The van der Waals surface area contributed by atoms with Crippen LogP contribution in [0.4, 0.5) is 0 Å². The number of fused-ring (bicyclic) bond motifs is 3. The van der Waals surface area contributed by atoms with Gasteiger partial charge in [-0.3, -0.25) is 4.79 Å². The summed E-state index contributed by atoms with van der Waals surface area (Å²) in [6.07, 6.45) is 1.01. The quantitative estimate of drug-likeness (QED) is 0.371. The average molecular weight is 443 g/mol. The maximum absolute atomic E-state index is 13.4. The average Bonchev–Trinajstić information content (AvgIpc) is 2.76. The first-order valence-corrected chi connectivity index (χ1v) is 11.1. The van der Waals surface area contributed by atoms with E-state index in [1.165, 1.54) is 0 Å². The van der Waals surface area contributed by atoms with E-state index >= 15 is 0 Å². The molecule has 1 aliphatic heterocycles. The zero-order chi connectivity index (χ0) is 23.3. The molecule has 1 atom stereocenters. The van der Waals surface area contributed by atoms with Crippen molar-refractivity contribution in [2.45, 2.75) is 39.5 Å². The van der Waals surface area contributed by atoms with Gasteiger partial charge in [-0.15, -0.1) is 0 Å².